The molecule has 0 saturated heterocycles. The van der Waals surface area contributed by atoms with E-state index in [1.54, 1.807) is 18.2 Å². The van der Waals surface area contributed by atoms with Crippen LogP contribution in [0.2, 0.25) is 0 Å². The van der Waals surface area contributed by atoms with Gasteiger partial charge >= 0.3 is 0 Å². The molecule has 2 rings (SSSR count). The van der Waals surface area contributed by atoms with Gasteiger partial charge in [0, 0.05) is 11.8 Å². The molecule has 4 nitrogen and oxygen atoms in total. The fourth-order valence-corrected chi connectivity index (χ4v) is 2.34. The molecule has 0 spiro atoms. The molecule has 5 heteroatoms. The summed E-state index contributed by atoms with van der Waals surface area (Å²) >= 11 is 1.54. The topological polar surface area (TPSA) is 62.0 Å². The zero-order valence-corrected chi connectivity index (χ0v) is 11.3. The maximum Gasteiger partial charge on any atom is 0.166 e. The number of methoxy groups -OCH3 is 1. The van der Waals surface area contributed by atoms with Crippen LogP contribution >= 0.6 is 11.3 Å². The number of hydrogen-bond donors (Lipinski definition) is 2. The molecule has 0 amide bonds. The Morgan fingerprint density at radius 1 is 1.42 bits per heavy atom. The maximum atomic E-state index is 9.86. The van der Waals surface area contributed by atoms with Crippen LogP contribution in [0.15, 0.2) is 40.0 Å². The summed E-state index contributed by atoms with van der Waals surface area (Å²) in [6, 6.07) is 7.05. The third-order valence-corrected chi connectivity index (χ3v) is 3.39. The van der Waals surface area contributed by atoms with Crippen LogP contribution in [0.1, 0.15) is 17.2 Å². The Balaban J connectivity index is 2.03. The predicted molar refractivity (Wildman–Crippen MR) is 76.4 cm³/mol. The molecule has 2 N–H and O–H groups in total. The number of para-hydroxylation sites is 1. The lowest BCUT2D eigenvalue weighted by atomic mass is 10.2. The van der Waals surface area contributed by atoms with Crippen molar-refractivity contribution in [2.45, 2.75) is 6.10 Å². The van der Waals surface area contributed by atoms with Gasteiger partial charge in [-0.1, -0.05) is 6.07 Å². The Morgan fingerprint density at radius 3 is 2.95 bits per heavy atom. The largest absolute Gasteiger partial charge is 0.504 e. The van der Waals surface area contributed by atoms with Crippen LogP contribution in [-0.2, 0) is 0 Å². The lowest BCUT2D eigenvalue weighted by Gasteiger charge is -2.06. The highest BCUT2D eigenvalue weighted by molar-refractivity contribution is 7.07. The van der Waals surface area contributed by atoms with Crippen molar-refractivity contribution >= 4 is 17.6 Å². The number of phenols is 1. The standard InChI is InChI=1S/C14H15NO3S/c1-18-13-4-2-3-10(14(13)17)7-15-8-12(16)11-5-6-19-9-11/h2-7,9,12,16-17H,8H2,1H3. The Labute approximate surface area is 115 Å². The van der Waals surface area contributed by atoms with Gasteiger partial charge in [-0.3, -0.25) is 4.99 Å². The van der Waals surface area contributed by atoms with E-state index in [1.165, 1.54) is 24.7 Å². The summed E-state index contributed by atoms with van der Waals surface area (Å²) in [5, 5.41) is 23.5. The number of aliphatic hydroxyl groups excluding tert-OH is 1. The van der Waals surface area contributed by atoms with Crippen LogP contribution in [0.3, 0.4) is 0 Å². The Bertz CT molecular complexity index is 552. The van der Waals surface area contributed by atoms with E-state index in [4.69, 9.17) is 4.74 Å². The zero-order valence-electron chi connectivity index (χ0n) is 10.5. The molecule has 0 saturated carbocycles. The van der Waals surface area contributed by atoms with Crippen LogP contribution in [0.5, 0.6) is 11.5 Å². The van der Waals surface area contributed by atoms with E-state index in [1.807, 2.05) is 16.8 Å². The Kier molecular flexibility index (Phi) is 4.54. The number of rotatable bonds is 5. The minimum Gasteiger partial charge on any atom is -0.504 e. The van der Waals surface area contributed by atoms with Crippen molar-refractivity contribution in [3.63, 3.8) is 0 Å². The molecule has 1 atom stereocenters. The van der Waals surface area contributed by atoms with Gasteiger partial charge in [-0.05, 0) is 34.5 Å². The molecule has 1 unspecified atom stereocenters. The molecule has 0 radical (unpaired) electrons. The molecule has 0 bridgehead atoms. The van der Waals surface area contributed by atoms with Crippen LogP contribution < -0.4 is 4.74 Å². The third-order valence-electron chi connectivity index (χ3n) is 2.69. The van der Waals surface area contributed by atoms with E-state index in [2.05, 4.69) is 4.99 Å². The average Bonchev–Trinajstić information content (AvgIpc) is 2.94. The highest BCUT2D eigenvalue weighted by Gasteiger charge is 2.07. The summed E-state index contributed by atoms with van der Waals surface area (Å²) in [6.07, 6.45) is 0.920. The summed E-state index contributed by atoms with van der Waals surface area (Å²) in [7, 11) is 1.50. The SMILES string of the molecule is COc1cccc(C=NCC(O)c2ccsc2)c1O. The molecule has 1 heterocycles. The first-order chi connectivity index (χ1) is 9.22. The van der Waals surface area contributed by atoms with E-state index in [-0.39, 0.29) is 12.3 Å². The van der Waals surface area contributed by atoms with E-state index in [0.717, 1.165) is 5.56 Å². The fourth-order valence-electron chi connectivity index (χ4n) is 1.63. The van der Waals surface area contributed by atoms with Crippen LogP contribution in [-0.4, -0.2) is 30.1 Å². The van der Waals surface area contributed by atoms with Gasteiger partial charge in [-0.25, -0.2) is 0 Å². The number of nitrogens with zero attached hydrogens (tertiary/aromatic N) is 1. The third kappa shape index (κ3) is 3.33. The van der Waals surface area contributed by atoms with Crippen molar-refractivity contribution in [2.24, 2.45) is 4.99 Å². The summed E-state index contributed by atoms with van der Waals surface area (Å²) in [5.41, 5.74) is 1.42. The number of aromatic hydroxyl groups is 1. The van der Waals surface area contributed by atoms with E-state index < -0.39 is 6.10 Å². The van der Waals surface area contributed by atoms with Gasteiger partial charge in [0.05, 0.1) is 19.8 Å². The summed E-state index contributed by atoms with van der Waals surface area (Å²) in [4.78, 5) is 4.15. The number of aliphatic imine (C=N–C) groups is 1. The van der Waals surface area contributed by atoms with Crippen LogP contribution in [0, 0.1) is 0 Å². The Morgan fingerprint density at radius 2 is 2.26 bits per heavy atom. The first-order valence-corrected chi connectivity index (χ1v) is 6.72. The minimum atomic E-state index is -0.616. The van der Waals surface area contributed by atoms with Crippen molar-refractivity contribution in [3.05, 3.63) is 46.2 Å². The van der Waals surface area contributed by atoms with Gasteiger partial charge in [0.1, 0.15) is 0 Å². The van der Waals surface area contributed by atoms with E-state index >= 15 is 0 Å². The lowest BCUT2D eigenvalue weighted by molar-refractivity contribution is 0.188. The van der Waals surface area contributed by atoms with Crippen molar-refractivity contribution in [3.8, 4) is 11.5 Å². The van der Waals surface area contributed by atoms with Crippen LogP contribution in [0.25, 0.3) is 0 Å². The molecule has 19 heavy (non-hydrogen) atoms. The average molecular weight is 277 g/mol. The smallest absolute Gasteiger partial charge is 0.166 e. The van der Waals surface area contributed by atoms with Gasteiger partial charge in [0.2, 0.25) is 0 Å². The summed E-state index contributed by atoms with van der Waals surface area (Å²) in [5.74, 6) is 0.459. The second-order valence-corrected chi connectivity index (χ2v) is 4.74. The minimum absolute atomic E-state index is 0.0544. The fraction of sp³-hybridized carbons (Fsp3) is 0.214. The predicted octanol–water partition coefficient (Wildman–Crippen LogP) is 2.61. The molecular weight excluding hydrogens is 262 g/mol. The second kappa shape index (κ2) is 6.36. The van der Waals surface area contributed by atoms with Gasteiger partial charge in [0.15, 0.2) is 11.5 Å². The lowest BCUT2D eigenvalue weighted by Crippen LogP contribution is -2.00. The summed E-state index contributed by atoms with van der Waals surface area (Å²) in [6.45, 7) is 0.257. The number of thiophene rings is 1. The molecule has 0 aliphatic rings. The number of hydrogen-bond acceptors (Lipinski definition) is 5. The monoisotopic (exact) mass is 277 g/mol. The second-order valence-electron chi connectivity index (χ2n) is 3.96. The van der Waals surface area contributed by atoms with E-state index in [9.17, 15) is 10.2 Å². The number of phenolic OH excluding ortho intramolecular Hbond substituents is 1. The van der Waals surface area contributed by atoms with Crippen molar-refractivity contribution in [1.29, 1.82) is 0 Å². The van der Waals surface area contributed by atoms with Crippen LogP contribution in [0.4, 0.5) is 0 Å². The highest BCUT2D eigenvalue weighted by Crippen LogP contribution is 2.28. The van der Waals surface area contributed by atoms with Crippen molar-refractivity contribution in [2.75, 3.05) is 13.7 Å². The molecule has 2 aromatic rings. The van der Waals surface area contributed by atoms with Crippen molar-refractivity contribution < 1.29 is 14.9 Å². The normalized spacial score (nSPS) is 12.7. The number of ether oxygens (including phenoxy) is 1. The number of aliphatic hydroxyl groups is 1. The Hall–Kier alpha value is -1.85. The first-order valence-electron chi connectivity index (χ1n) is 5.78. The summed E-state index contributed by atoms with van der Waals surface area (Å²) < 4.78 is 5.01. The first kappa shape index (κ1) is 13.6. The van der Waals surface area contributed by atoms with Gasteiger partial charge in [-0.15, -0.1) is 0 Å². The quantitative estimate of drug-likeness (QED) is 0.826. The van der Waals surface area contributed by atoms with Gasteiger partial charge in [-0.2, -0.15) is 11.3 Å². The van der Waals surface area contributed by atoms with E-state index in [0.29, 0.717) is 11.3 Å². The zero-order chi connectivity index (χ0) is 13.7. The molecule has 1 aromatic heterocycles. The molecule has 0 fully saturated rings. The molecule has 0 aliphatic carbocycles. The highest BCUT2D eigenvalue weighted by atomic mass is 32.1. The molecule has 100 valence electrons. The molecule has 1 aromatic carbocycles. The molecular formula is C14H15NO3S. The van der Waals surface area contributed by atoms with Gasteiger partial charge in [0.25, 0.3) is 0 Å². The number of benzene rings is 1. The molecule has 0 aliphatic heterocycles. The van der Waals surface area contributed by atoms with Crippen molar-refractivity contribution in [1.82, 2.24) is 0 Å². The maximum absolute atomic E-state index is 9.86. The van der Waals surface area contributed by atoms with Gasteiger partial charge < -0.3 is 14.9 Å².